The van der Waals surface area contributed by atoms with E-state index in [0.29, 0.717) is 23.4 Å². The van der Waals surface area contributed by atoms with Gasteiger partial charge in [0.1, 0.15) is 6.10 Å². The highest BCUT2D eigenvalue weighted by Gasteiger charge is 2.53. The average molecular weight is 222 g/mol. The molecule has 5 atom stereocenters. The zero-order chi connectivity index (χ0) is 11.5. The second-order valence-electron chi connectivity index (χ2n) is 6.54. The summed E-state index contributed by atoms with van der Waals surface area (Å²) < 4.78 is 5.54. The molecule has 1 aliphatic heterocycles. The van der Waals surface area contributed by atoms with E-state index in [1.165, 1.54) is 12.0 Å². The fraction of sp³-hybridized carbons (Fsp3) is 0.857. The molecule has 3 fully saturated rings. The van der Waals surface area contributed by atoms with Gasteiger partial charge in [0.15, 0.2) is 0 Å². The average Bonchev–Trinajstić information content (AvgIpc) is 2.97. The summed E-state index contributed by atoms with van der Waals surface area (Å²) in [5.74, 6) is 1.26. The molecule has 2 saturated carbocycles. The van der Waals surface area contributed by atoms with Gasteiger partial charge in [0.2, 0.25) is 0 Å². The van der Waals surface area contributed by atoms with Crippen molar-refractivity contribution in [2.75, 3.05) is 0 Å². The van der Waals surface area contributed by atoms with Crippen molar-refractivity contribution in [1.29, 1.82) is 0 Å². The van der Waals surface area contributed by atoms with Gasteiger partial charge in [0, 0.05) is 0 Å². The zero-order valence-electron chi connectivity index (χ0n) is 10.3. The molecule has 16 heavy (non-hydrogen) atoms. The number of hydrogen-bond acceptors (Lipinski definition) is 2. The molecule has 0 spiro atoms. The van der Waals surface area contributed by atoms with Crippen molar-refractivity contribution in [3.63, 3.8) is 0 Å². The van der Waals surface area contributed by atoms with Crippen LogP contribution in [0.5, 0.6) is 0 Å². The largest absolute Gasteiger partial charge is 0.390 e. The molecule has 3 rings (SSSR count). The van der Waals surface area contributed by atoms with Crippen LogP contribution in [0.2, 0.25) is 0 Å². The molecule has 0 amide bonds. The summed E-state index contributed by atoms with van der Waals surface area (Å²) in [5.41, 5.74) is 1.77. The number of epoxide rings is 1. The van der Waals surface area contributed by atoms with E-state index in [1.54, 1.807) is 0 Å². The molecule has 0 bridgehead atoms. The number of fused-ring (bicyclic) bond motifs is 2. The van der Waals surface area contributed by atoms with Crippen molar-refractivity contribution >= 4 is 0 Å². The van der Waals surface area contributed by atoms with Crippen LogP contribution < -0.4 is 0 Å². The maximum atomic E-state index is 10.1. The van der Waals surface area contributed by atoms with Crippen LogP contribution in [0.4, 0.5) is 0 Å². The lowest BCUT2D eigenvalue weighted by molar-refractivity contribution is -0.0321. The lowest BCUT2D eigenvalue weighted by atomic mass is 9.52. The molecule has 1 heterocycles. The molecule has 0 aromatic heterocycles. The maximum absolute atomic E-state index is 10.1. The number of aliphatic hydroxyl groups is 1. The second kappa shape index (κ2) is 3.33. The molecular weight excluding hydrogens is 200 g/mol. The lowest BCUT2D eigenvalue weighted by Gasteiger charge is -2.53. The summed E-state index contributed by atoms with van der Waals surface area (Å²) in [5, 5.41) is 10.1. The molecule has 5 unspecified atom stereocenters. The molecule has 0 radical (unpaired) electrons. The Hall–Kier alpha value is -0.340. The van der Waals surface area contributed by atoms with Crippen LogP contribution >= 0.6 is 0 Å². The Morgan fingerprint density at radius 1 is 1.44 bits per heavy atom. The van der Waals surface area contributed by atoms with Gasteiger partial charge >= 0.3 is 0 Å². The third kappa shape index (κ3) is 1.54. The number of allylic oxidation sites excluding steroid dienone is 1. The van der Waals surface area contributed by atoms with E-state index in [0.717, 1.165) is 19.3 Å². The Bertz CT molecular complexity index is 321. The van der Waals surface area contributed by atoms with E-state index in [1.807, 2.05) is 0 Å². The van der Waals surface area contributed by atoms with Crippen molar-refractivity contribution in [1.82, 2.24) is 0 Å². The van der Waals surface area contributed by atoms with Gasteiger partial charge in [-0.15, -0.1) is 0 Å². The van der Waals surface area contributed by atoms with Gasteiger partial charge < -0.3 is 9.84 Å². The summed E-state index contributed by atoms with van der Waals surface area (Å²) >= 11 is 0. The molecule has 1 N–H and O–H groups in total. The smallest absolute Gasteiger partial charge is 0.110 e. The predicted molar refractivity (Wildman–Crippen MR) is 63.0 cm³/mol. The van der Waals surface area contributed by atoms with Gasteiger partial charge in [0.05, 0.1) is 12.2 Å². The van der Waals surface area contributed by atoms with Gasteiger partial charge in [-0.3, -0.25) is 0 Å². The molecule has 3 aliphatic rings. The minimum Gasteiger partial charge on any atom is -0.390 e. The van der Waals surface area contributed by atoms with Crippen LogP contribution in [-0.4, -0.2) is 23.4 Å². The molecule has 2 heteroatoms. The van der Waals surface area contributed by atoms with Gasteiger partial charge in [-0.05, 0) is 42.9 Å². The Morgan fingerprint density at radius 3 is 2.88 bits per heavy atom. The van der Waals surface area contributed by atoms with Crippen molar-refractivity contribution in [3.05, 3.63) is 12.2 Å². The second-order valence-corrected chi connectivity index (χ2v) is 6.54. The number of rotatable bonds is 0. The third-order valence-electron chi connectivity index (χ3n) is 5.01. The Morgan fingerprint density at radius 2 is 2.19 bits per heavy atom. The van der Waals surface area contributed by atoms with Gasteiger partial charge in [-0.1, -0.05) is 26.0 Å². The summed E-state index contributed by atoms with van der Waals surface area (Å²) in [6.07, 6.45) is 4.49. The first-order chi connectivity index (χ1) is 7.49. The van der Waals surface area contributed by atoms with E-state index in [4.69, 9.17) is 4.74 Å². The van der Waals surface area contributed by atoms with E-state index >= 15 is 0 Å². The van der Waals surface area contributed by atoms with Crippen LogP contribution in [0.1, 0.15) is 39.5 Å². The fourth-order valence-electron chi connectivity index (χ4n) is 3.79. The Balaban J connectivity index is 1.79. The normalized spacial score (nSPS) is 50.2. The minimum absolute atomic E-state index is 0.128. The van der Waals surface area contributed by atoms with Crippen LogP contribution in [0, 0.1) is 17.3 Å². The summed E-state index contributed by atoms with van der Waals surface area (Å²) in [7, 11) is 0. The molecule has 1 saturated heterocycles. The monoisotopic (exact) mass is 222 g/mol. The highest BCUT2D eigenvalue weighted by molar-refractivity contribution is 5.15. The zero-order valence-corrected chi connectivity index (χ0v) is 10.3. The van der Waals surface area contributed by atoms with Crippen molar-refractivity contribution in [2.24, 2.45) is 17.3 Å². The lowest BCUT2D eigenvalue weighted by Crippen LogP contribution is -2.46. The fourth-order valence-corrected chi connectivity index (χ4v) is 3.79. The van der Waals surface area contributed by atoms with Gasteiger partial charge in [-0.2, -0.15) is 0 Å². The molecule has 0 aromatic carbocycles. The van der Waals surface area contributed by atoms with Crippen molar-refractivity contribution in [3.8, 4) is 0 Å². The van der Waals surface area contributed by atoms with Crippen LogP contribution in [0.3, 0.4) is 0 Å². The maximum Gasteiger partial charge on any atom is 0.110 e. The topological polar surface area (TPSA) is 32.8 Å². The van der Waals surface area contributed by atoms with Crippen LogP contribution in [0.15, 0.2) is 12.2 Å². The molecule has 90 valence electrons. The Kier molecular flexibility index (Phi) is 2.25. The van der Waals surface area contributed by atoms with Crippen molar-refractivity contribution in [2.45, 2.75) is 57.8 Å². The molecular formula is C14H22O2. The van der Waals surface area contributed by atoms with E-state index in [9.17, 15) is 5.11 Å². The Labute approximate surface area is 97.7 Å². The van der Waals surface area contributed by atoms with E-state index in [2.05, 4.69) is 20.4 Å². The van der Waals surface area contributed by atoms with Crippen LogP contribution in [0.25, 0.3) is 0 Å². The standard InChI is InChI=1S/C14H22O2/c1-8-4-5-12-13(16-12)11(15)6-10-9(8)7-14(10,2)3/h9-13,15H,1,4-7H2,2-3H3. The number of ether oxygens (including phenoxy) is 1. The first-order valence-corrected chi connectivity index (χ1v) is 6.50. The highest BCUT2D eigenvalue weighted by atomic mass is 16.6. The molecule has 2 nitrogen and oxygen atoms in total. The summed E-state index contributed by atoms with van der Waals surface area (Å²) in [6, 6.07) is 0. The first kappa shape index (κ1) is 10.8. The molecule has 2 aliphatic carbocycles. The van der Waals surface area contributed by atoms with Crippen molar-refractivity contribution < 1.29 is 9.84 Å². The minimum atomic E-state index is -0.247. The SMILES string of the molecule is C=C1CCC2OC2C(O)CC2C1CC2(C)C. The summed E-state index contributed by atoms with van der Waals surface area (Å²) in [4.78, 5) is 0. The summed E-state index contributed by atoms with van der Waals surface area (Å²) in [6.45, 7) is 8.88. The van der Waals surface area contributed by atoms with Gasteiger partial charge in [0.25, 0.3) is 0 Å². The highest BCUT2D eigenvalue weighted by Crippen LogP contribution is 2.57. The quantitative estimate of drug-likeness (QED) is 0.504. The predicted octanol–water partition coefficient (Wildman–Crippen LogP) is 2.52. The molecule has 0 aromatic rings. The third-order valence-corrected chi connectivity index (χ3v) is 5.01. The van der Waals surface area contributed by atoms with E-state index < -0.39 is 0 Å². The van der Waals surface area contributed by atoms with Crippen LogP contribution in [-0.2, 0) is 4.74 Å². The number of hydrogen-bond donors (Lipinski definition) is 1. The van der Waals surface area contributed by atoms with Gasteiger partial charge in [-0.25, -0.2) is 0 Å². The van der Waals surface area contributed by atoms with E-state index in [-0.39, 0.29) is 12.2 Å². The number of aliphatic hydroxyl groups excluding tert-OH is 1. The first-order valence-electron chi connectivity index (χ1n) is 6.50.